The van der Waals surface area contributed by atoms with Crippen LogP contribution in [0, 0.1) is 0 Å². The van der Waals surface area contributed by atoms with Crippen LogP contribution in [-0.4, -0.2) is 24.1 Å². The van der Waals surface area contributed by atoms with Gasteiger partial charge in [0, 0.05) is 41.7 Å². The smallest absolute Gasteiger partial charge is 0.263 e. The number of thiazole rings is 1. The van der Waals surface area contributed by atoms with E-state index in [0.29, 0.717) is 23.4 Å². The maximum absolute atomic E-state index is 14.1. The summed E-state index contributed by atoms with van der Waals surface area (Å²) >= 11 is 1.54. The van der Waals surface area contributed by atoms with Crippen LogP contribution in [0.15, 0.2) is 88.7 Å². The quantitative estimate of drug-likeness (QED) is 0.304. The first-order valence-corrected chi connectivity index (χ1v) is 13.2. The number of pyridine rings is 1. The fourth-order valence-corrected chi connectivity index (χ4v) is 5.19. The second kappa shape index (κ2) is 10.0. The van der Waals surface area contributed by atoms with Crippen LogP contribution in [0.3, 0.4) is 0 Å². The van der Waals surface area contributed by atoms with Crippen molar-refractivity contribution in [3.63, 3.8) is 0 Å². The Morgan fingerprint density at radius 2 is 1.95 bits per heavy atom. The van der Waals surface area contributed by atoms with Gasteiger partial charge in [-0.15, -0.1) is 16.4 Å². The van der Waals surface area contributed by atoms with Crippen molar-refractivity contribution in [1.82, 2.24) is 29.5 Å². The van der Waals surface area contributed by atoms with Crippen molar-refractivity contribution in [3.8, 4) is 5.69 Å². The average Bonchev–Trinajstić information content (AvgIpc) is 3.58. The van der Waals surface area contributed by atoms with Crippen molar-refractivity contribution in [1.29, 1.82) is 0 Å². The largest absolute Gasteiger partial charge is 0.382 e. The summed E-state index contributed by atoms with van der Waals surface area (Å²) in [6.07, 6.45) is 7.43. The Morgan fingerprint density at radius 1 is 1.08 bits per heavy atom. The van der Waals surface area contributed by atoms with E-state index in [9.17, 15) is 4.79 Å². The van der Waals surface area contributed by atoms with Crippen molar-refractivity contribution >= 4 is 45.7 Å². The highest BCUT2D eigenvalue weighted by atomic mass is 32.1. The van der Waals surface area contributed by atoms with Crippen LogP contribution < -0.4 is 16.6 Å². The molecular formula is C29H25N7OS. The standard InChI is InChI=1S/C29H25N7OS/c1-19(32-16-24-27(30)34-35-14-6-13-31-28(24)35)25-15-21-8-5-7-20(11-12-22-17-38-18-33-22)26(21)29(37)36(25)23-9-3-2-4-10-23/h2-15,17-19,32H,16H2,1H3,(H2,30,34). The number of hydrogen-bond donors (Lipinski definition) is 2. The molecule has 0 radical (unpaired) electrons. The molecular weight excluding hydrogens is 494 g/mol. The minimum absolute atomic E-state index is 0.0759. The highest BCUT2D eigenvalue weighted by Gasteiger charge is 2.19. The number of hydrogen-bond acceptors (Lipinski definition) is 7. The number of rotatable bonds is 7. The molecule has 2 aromatic carbocycles. The lowest BCUT2D eigenvalue weighted by molar-refractivity contribution is 0.550. The van der Waals surface area contributed by atoms with Crippen LogP contribution in [-0.2, 0) is 6.54 Å². The van der Waals surface area contributed by atoms with Crippen molar-refractivity contribution in [2.45, 2.75) is 19.5 Å². The molecule has 3 N–H and O–H groups in total. The highest BCUT2D eigenvalue weighted by molar-refractivity contribution is 7.07. The Labute approximate surface area is 222 Å². The summed E-state index contributed by atoms with van der Waals surface area (Å²) in [7, 11) is 0. The van der Waals surface area contributed by atoms with E-state index in [1.54, 1.807) is 20.8 Å². The molecule has 9 heteroatoms. The molecule has 8 nitrogen and oxygen atoms in total. The lowest BCUT2D eigenvalue weighted by Gasteiger charge is -2.21. The number of nitrogens with zero attached hydrogens (tertiary/aromatic N) is 5. The summed E-state index contributed by atoms with van der Waals surface area (Å²) in [5.41, 5.74) is 12.8. The molecule has 6 rings (SSSR count). The lowest BCUT2D eigenvalue weighted by atomic mass is 10.0. The fraction of sp³-hybridized carbons (Fsp3) is 0.103. The Morgan fingerprint density at radius 3 is 2.76 bits per heavy atom. The third-order valence-electron chi connectivity index (χ3n) is 6.56. The number of benzene rings is 2. The molecule has 1 unspecified atom stereocenters. The predicted molar refractivity (Wildman–Crippen MR) is 153 cm³/mol. The van der Waals surface area contributed by atoms with Gasteiger partial charge in [-0.3, -0.25) is 9.36 Å². The first-order chi connectivity index (χ1) is 18.6. The molecule has 0 aliphatic carbocycles. The van der Waals surface area contributed by atoms with Crippen LogP contribution in [0.2, 0.25) is 0 Å². The summed E-state index contributed by atoms with van der Waals surface area (Å²) in [5, 5.41) is 11.4. The maximum atomic E-state index is 14.1. The zero-order valence-corrected chi connectivity index (χ0v) is 21.5. The lowest BCUT2D eigenvalue weighted by Crippen LogP contribution is -2.28. The van der Waals surface area contributed by atoms with Crippen molar-refractivity contribution < 1.29 is 0 Å². The van der Waals surface area contributed by atoms with Gasteiger partial charge >= 0.3 is 0 Å². The van der Waals surface area contributed by atoms with E-state index in [4.69, 9.17) is 5.73 Å². The SMILES string of the molecule is CC(NCc1c(N)nn2cccnc12)c1cc2cccc(C=Cc3cscn3)c2c(=O)n1-c1ccccc1. The highest BCUT2D eigenvalue weighted by Crippen LogP contribution is 2.25. The molecule has 0 spiro atoms. The number of aromatic nitrogens is 5. The third-order valence-corrected chi connectivity index (χ3v) is 7.16. The van der Waals surface area contributed by atoms with Gasteiger partial charge in [-0.25, -0.2) is 14.5 Å². The first kappa shape index (κ1) is 23.8. The molecule has 4 aromatic heterocycles. The van der Waals surface area contributed by atoms with E-state index in [1.165, 1.54) is 11.3 Å². The molecule has 0 saturated carbocycles. The number of fused-ring (bicyclic) bond motifs is 2. The van der Waals surface area contributed by atoms with Gasteiger partial charge in [0.15, 0.2) is 11.5 Å². The van der Waals surface area contributed by atoms with Crippen LogP contribution in [0.4, 0.5) is 5.82 Å². The van der Waals surface area contributed by atoms with E-state index in [1.807, 2.05) is 85.2 Å². The fourth-order valence-electron chi connectivity index (χ4n) is 4.67. The summed E-state index contributed by atoms with van der Waals surface area (Å²) in [4.78, 5) is 22.9. The van der Waals surface area contributed by atoms with Crippen LogP contribution >= 0.6 is 11.3 Å². The Bertz CT molecular complexity index is 1820. The third kappa shape index (κ3) is 4.38. The number of nitrogens with one attached hydrogen (secondary N) is 1. The van der Waals surface area contributed by atoms with Gasteiger partial charge in [-0.05, 0) is 48.2 Å². The van der Waals surface area contributed by atoms with Gasteiger partial charge in [-0.2, -0.15) is 0 Å². The Balaban J connectivity index is 1.44. The molecule has 188 valence electrons. The van der Waals surface area contributed by atoms with Crippen molar-refractivity contribution in [2.24, 2.45) is 0 Å². The second-order valence-corrected chi connectivity index (χ2v) is 9.68. The van der Waals surface area contributed by atoms with Gasteiger partial charge in [0.25, 0.3) is 5.56 Å². The second-order valence-electron chi connectivity index (χ2n) is 8.96. The first-order valence-electron chi connectivity index (χ1n) is 12.2. The topological polar surface area (TPSA) is 103 Å². The predicted octanol–water partition coefficient (Wildman–Crippen LogP) is 5.09. The van der Waals surface area contributed by atoms with Gasteiger partial charge in [-0.1, -0.05) is 42.5 Å². The molecule has 0 saturated heterocycles. The van der Waals surface area contributed by atoms with Crippen molar-refractivity contribution in [2.75, 3.05) is 5.73 Å². The van der Waals surface area contributed by atoms with E-state index >= 15 is 0 Å². The summed E-state index contributed by atoms with van der Waals surface area (Å²) < 4.78 is 3.46. The van der Waals surface area contributed by atoms with Gasteiger partial charge in [0.1, 0.15) is 0 Å². The number of anilines is 1. The zero-order valence-electron chi connectivity index (χ0n) is 20.7. The number of para-hydroxylation sites is 1. The summed E-state index contributed by atoms with van der Waals surface area (Å²) in [5.74, 6) is 0.430. The van der Waals surface area contributed by atoms with Crippen LogP contribution in [0.1, 0.15) is 35.5 Å². The minimum atomic E-state index is -0.181. The molecule has 0 fully saturated rings. The van der Waals surface area contributed by atoms with E-state index in [2.05, 4.69) is 26.4 Å². The minimum Gasteiger partial charge on any atom is -0.382 e. The molecule has 6 aromatic rings. The summed E-state index contributed by atoms with van der Waals surface area (Å²) in [6, 6.07) is 19.4. The number of nitrogen functional groups attached to an aromatic ring is 1. The van der Waals surface area contributed by atoms with E-state index in [-0.39, 0.29) is 11.6 Å². The van der Waals surface area contributed by atoms with Gasteiger partial charge in [0.05, 0.1) is 22.2 Å². The molecule has 0 amide bonds. The van der Waals surface area contributed by atoms with E-state index < -0.39 is 0 Å². The molecule has 0 aliphatic heterocycles. The molecule has 0 aliphatic rings. The Hall–Kier alpha value is -4.60. The van der Waals surface area contributed by atoms with Crippen LogP contribution in [0.25, 0.3) is 34.3 Å². The molecule has 4 heterocycles. The van der Waals surface area contributed by atoms with E-state index in [0.717, 1.165) is 33.6 Å². The summed E-state index contributed by atoms with van der Waals surface area (Å²) in [6.45, 7) is 2.49. The van der Waals surface area contributed by atoms with Gasteiger partial charge < -0.3 is 11.1 Å². The zero-order chi connectivity index (χ0) is 26.1. The normalized spacial score (nSPS) is 12.6. The molecule has 1 atom stereocenters. The van der Waals surface area contributed by atoms with Crippen molar-refractivity contribution in [3.05, 3.63) is 117 Å². The Kier molecular flexibility index (Phi) is 6.28. The maximum Gasteiger partial charge on any atom is 0.263 e. The number of nitrogens with two attached hydrogens (primary N) is 1. The molecule has 38 heavy (non-hydrogen) atoms. The van der Waals surface area contributed by atoms with Gasteiger partial charge in [0.2, 0.25) is 0 Å². The average molecular weight is 520 g/mol. The van der Waals surface area contributed by atoms with Crippen LogP contribution in [0.5, 0.6) is 0 Å². The molecule has 0 bridgehead atoms. The monoisotopic (exact) mass is 519 g/mol.